The molecule has 1 atom stereocenters. The fraction of sp³-hybridized carbons (Fsp3) is 1.00. The van der Waals surface area contributed by atoms with Crippen LogP contribution in [-0.2, 0) is 0 Å². The maximum Gasteiger partial charge on any atom is 0.0297 e. The predicted molar refractivity (Wildman–Crippen MR) is 83.0 cm³/mol. The number of likely N-dealkylation sites (N-methyl/N-ethyl adjacent to an activating group) is 1. The van der Waals surface area contributed by atoms with E-state index in [4.69, 9.17) is 5.73 Å². The van der Waals surface area contributed by atoms with Crippen molar-refractivity contribution in [1.29, 1.82) is 0 Å². The second-order valence-corrected chi connectivity index (χ2v) is 5.95. The minimum Gasteiger partial charge on any atom is -0.329 e. The quantitative estimate of drug-likeness (QED) is 0.531. The molecule has 0 amide bonds. The molecule has 2 nitrogen and oxygen atoms in total. The molecule has 0 aromatic rings. The van der Waals surface area contributed by atoms with Gasteiger partial charge in [0.15, 0.2) is 0 Å². The smallest absolute Gasteiger partial charge is 0.0297 e. The molecular formula is C16H36N2. The van der Waals surface area contributed by atoms with Crippen LogP contribution in [0.1, 0.15) is 78.6 Å². The highest BCUT2D eigenvalue weighted by molar-refractivity contribution is 4.83. The summed E-state index contributed by atoms with van der Waals surface area (Å²) in [6.07, 6.45) is 12.3. The summed E-state index contributed by atoms with van der Waals surface area (Å²) >= 11 is 0. The summed E-state index contributed by atoms with van der Waals surface area (Å²) in [4.78, 5) is 2.45. The van der Waals surface area contributed by atoms with Crippen molar-refractivity contribution < 1.29 is 0 Å². The normalized spacial score (nSPS) is 15.0. The summed E-state index contributed by atoms with van der Waals surface area (Å²) in [5.41, 5.74) is 6.07. The van der Waals surface area contributed by atoms with Gasteiger partial charge in [0.05, 0.1) is 0 Å². The molecule has 0 saturated heterocycles. The summed E-state index contributed by atoms with van der Waals surface area (Å²) in [6, 6.07) is 0. The molecule has 2 N–H and O–H groups in total. The van der Waals surface area contributed by atoms with Gasteiger partial charge in [-0.25, -0.2) is 0 Å². The Morgan fingerprint density at radius 2 is 1.39 bits per heavy atom. The van der Waals surface area contributed by atoms with Crippen molar-refractivity contribution >= 4 is 0 Å². The van der Waals surface area contributed by atoms with Crippen LogP contribution in [0.15, 0.2) is 0 Å². The van der Waals surface area contributed by atoms with Gasteiger partial charge in [-0.1, -0.05) is 58.8 Å². The van der Waals surface area contributed by atoms with Crippen molar-refractivity contribution in [1.82, 2.24) is 4.90 Å². The Hall–Kier alpha value is -0.0800. The molecule has 0 aliphatic rings. The largest absolute Gasteiger partial charge is 0.329 e. The fourth-order valence-electron chi connectivity index (χ4n) is 2.32. The summed E-state index contributed by atoms with van der Waals surface area (Å²) in [5.74, 6) is 0. The van der Waals surface area contributed by atoms with E-state index in [1.807, 2.05) is 0 Å². The van der Waals surface area contributed by atoms with Gasteiger partial charge in [-0.15, -0.1) is 0 Å². The van der Waals surface area contributed by atoms with E-state index in [1.54, 1.807) is 0 Å². The number of hydrogen-bond donors (Lipinski definition) is 1. The third-order valence-electron chi connectivity index (χ3n) is 4.47. The summed E-state index contributed by atoms with van der Waals surface area (Å²) in [7, 11) is 2.22. The Morgan fingerprint density at radius 3 is 1.83 bits per heavy atom. The first kappa shape index (κ1) is 17.9. The zero-order valence-electron chi connectivity index (χ0n) is 13.3. The van der Waals surface area contributed by atoms with Crippen LogP contribution in [-0.4, -0.2) is 30.6 Å². The molecule has 18 heavy (non-hydrogen) atoms. The monoisotopic (exact) mass is 256 g/mol. The molecule has 0 heterocycles. The lowest BCUT2D eigenvalue weighted by molar-refractivity contribution is 0.137. The minimum absolute atomic E-state index is 0.196. The number of rotatable bonds is 12. The highest BCUT2D eigenvalue weighted by Crippen LogP contribution is 2.17. The molecule has 0 aromatic carbocycles. The molecular weight excluding hydrogens is 220 g/mol. The maximum absolute atomic E-state index is 5.88. The third kappa shape index (κ3) is 7.38. The van der Waals surface area contributed by atoms with E-state index in [2.05, 4.69) is 32.7 Å². The van der Waals surface area contributed by atoms with Crippen molar-refractivity contribution in [3.63, 3.8) is 0 Å². The van der Waals surface area contributed by atoms with Gasteiger partial charge in [0.25, 0.3) is 0 Å². The second-order valence-electron chi connectivity index (χ2n) is 5.95. The Morgan fingerprint density at radius 1 is 0.889 bits per heavy atom. The van der Waals surface area contributed by atoms with E-state index < -0.39 is 0 Å². The van der Waals surface area contributed by atoms with Gasteiger partial charge in [0.2, 0.25) is 0 Å². The van der Waals surface area contributed by atoms with Gasteiger partial charge >= 0.3 is 0 Å². The van der Waals surface area contributed by atoms with Crippen LogP contribution in [0.3, 0.4) is 0 Å². The van der Waals surface area contributed by atoms with Gasteiger partial charge in [0, 0.05) is 12.1 Å². The Balaban J connectivity index is 3.48. The number of unbranched alkanes of at least 4 members (excludes halogenated alkanes) is 7. The van der Waals surface area contributed by atoms with Crippen molar-refractivity contribution in [3.8, 4) is 0 Å². The molecule has 0 radical (unpaired) electrons. The molecule has 0 bridgehead atoms. The number of nitrogens with zero attached hydrogens (tertiary/aromatic N) is 1. The molecule has 2 heteroatoms. The van der Waals surface area contributed by atoms with Crippen LogP contribution >= 0.6 is 0 Å². The van der Waals surface area contributed by atoms with E-state index >= 15 is 0 Å². The van der Waals surface area contributed by atoms with E-state index in [9.17, 15) is 0 Å². The second kappa shape index (κ2) is 10.8. The zero-order valence-corrected chi connectivity index (χ0v) is 13.3. The van der Waals surface area contributed by atoms with E-state index in [0.29, 0.717) is 0 Å². The van der Waals surface area contributed by atoms with Crippen LogP contribution in [0.2, 0.25) is 0 Å². The van der Waals surface area contributed by atoms with Gasteiger partial charge in [-0.05, 0) is 33.4 Å². The van der Waals surface area contributed by atoms with Gasteiger partial charge in [-0.2, -0.15) is 0 Å². The molecule has 0 rings (SSSR count). The average molecular weight is 256 g/mol. The van der Waals surface area contributed by atoms with Gasteiger partial charge in [0.1, 0.15) is 0 Å². The molecule has 0 fully saturated rings. The lowest BCUT2D eigenvalue weighted by Crippen LogP contribution is -2.49. The van der Waals surface area contributed by atoms with E-state index in [0.717, 1.165) is 13.0 Å². The average Bonchev–Trinajstić information content (AvgIpc) is 2.40. The van der Waals surface area contributed by atoms with Crippen molar-refractivity contribution in [3.05, 3.63) is 0 Å². The van der Waals surface area contributed by atoms with E-state index in [1.165, 1.54) is 57.9 Å². The first-order chi connectivity index (χ1) is 8.60. The highest BCUT2D eigenvalue weighted by Gasteiger charge is 2.24. The standard InChI is InChI=1S/C16H36N2/c1-5-7-8-9-10-11-12-13-14-18(4)16(3,6-2)15-17/h5-15,17H2,1-4H3. The van der Waals surface area contributed by atoms with Crippen LogP contribution in [0.4, 0.5) is 0 Å². The van der Waals surface area contributed by atoms with Gasteiger partial charge in [-0.3, -0.25) is 4.90 Å². The SMILES string of the molecule is CCCCCCCCCCN(C)C(C)(CC)CN. The predicted octanol–water partition coefficient (Wildman–Crippen LogP) is 4.19. The third-order valence-corrected chi connectivity index (χ3v) is 4.47. The summed E-state index contributed by atoms with van der Waals surface area (Å²) in [5, 5.41) is 0. The Bertz CT molecular complexity index is 176. The maximum atomic E-state index is 5.88. The molecule has 0 aromatic heterocycles. The lowest BCUT2D eigenvalue weighted by atomic mass is 9.96. The fourth-order valence-corrected chi connectivity index (χ4v) is 2.32. The van der Waals surface area contributed by atoms with Crippen molar-refractivity contribution in [2.45, 2.75) is 84.1 Å². The minimum atomic E-state index is 0.196. The molecule has 0 spiro atoms. The molecule has 1 unspecified atom stereocenters. The van der Waals surface area contributed by atoms with E-state index in [-0.39, 0.29) is 5.54 Å². The first-order valence-electron chi connectivity index (χ1n) is 8.02. The molecule has 110 valence electrons. The molecule has 0 aliphatic heterocycles. The topological polar surface area (TPSA) is 29.3 Å². The number of hydrogen-bond acceptors (Lipinski definition) is 2. The van der Waals surface area contributed by atoms with Crippen molar-refractivity contribution in [2.75, 3.05) is 20.1 Å². The zero-order chi connectivity index (χ0) is 13.9. The Labute approximate surface area is 115 Å². The summed E-state index contributed by atoms with van der Waals surface area (Å²) < 4.78 is 0. The summed E-state index contributed by atoms with van der Waals surface area (Å²) in [6.45, 7) is 8.74. The van der Waals surface area contributed by atoms with Crippen LogP contribution in [0.5, 0.6) is 0 Å². The van der Waals surface area contributed by atoms with Gasteiger partial charge < -0.3 is 5.73 Å². The van der Waals surface area contributed by atoms with Crippen LogP contribution in [0, 0.1) is 0 Å². The Kier molecular flexibility index (Phi) is 10.8. The first-order valence-corrected chi connectivity index (χ1v) is 8.02. The van der Waals surface area contributed by atoms with Crippen molar-refractivity contribution in [2.24, 2.45) is 5.73 Å². The number of nitrogens with two attached hydrogens (primary N) is 1. The molecule has 0 aliphatic carbocycles. The highest BCUT2D eigenvalue weighted by atomic mass is 15.2. The van der Waals surface area contributed by atoms with Crippen LogP contribution < -0.4 is 5.73 Å². The van der Waals surface area contributed by atoms with Crippen LogP contribution in [0.25, 0.3) is 0 Å². The lowest BCUT2D eigenvalue weighted by Gasteiger charge is -2.37. The molecule has 0 saturated carbocycles.